The molecule has 1 aromatic rings. The van der Waals surface area contributed by atoms with Gasteiger partial charge in [0, 0.05) is 35.0 Å². The monoisotopic (exact) mass is 290 g/mol. The normalized spacial score (nSPS) is 12.8. The van der Waals surface area contributed by atoms with Crippen LogP contribution in [-0.4, -0.2) is 22.8 Å². The first-order chi connectivity index (χ1) is 8.84. The molecular formula is C12H13F3N2OS. The van der Waals surface area contributed by atoms with Crippen molar-refractivity contribution in [1.82, 2.24) is 0 Å². The van der Waals surface area contributed by atoms with Crippen LogP contribution in [0.4, 0.5) is 18.9 Å². The summed E-state index contributed by atoms with van der Waals surface area (Å²) >= 11 is 0. The lowest BCUT2D eigenvalue weighted by Crippen LogP contribution is -2.13. The average Bonchev–Trinajstić information content (AvgIpc) is 2.32. The number of hydrogen-bond acceptors (Lipinski definition) is 3. The maximum absolute atomic E-state index is 12.7. The Kier molecular flexibility index (Phi) is 5.36. The van der Waals surface area contributed by atoms with Gasteiger partial charge in [0.05, 0.1) is 17.2 Å². The number of anilines is 1. The summed E-state index contributed by atoms with van der Waals surface area (Å²) in [5.74, 6) is 0.423. The summed E-state index contributed by atoms with van der Waals surface area (Å²) in [4.78, 5) is 0. The maximum Gasteiger partial charge on any atom is 0.418 e. The number of nitriles is 1. The minimum atomic E-state index is -4.47. The molecule has 0 amide bonds. The van der Waals surface area contributed by atoms with Crippen LogP contribution < -0.4 is 5.32 Å². The Hall–Kier alpha value is -1.55. The summed E-state index contributed by atoms with van der Waals surface area (Å²) in [7, 11) is -0.966. The van der Waals surface area contributed by atoms with Crippen molar-refractivity contribution in [1.29, 1.82) is 5.26 Å². The van der Waals surface area contributed by atoms with E-state index < -0.39 is 22.5 Å². The van der Waals surface area contributed by atoms with Gasteiger partial charge in [-0.05, 0) is 24.6 Å². The molecule has 104 valence electrons. The van der Waals surface area contributed by atoms with E-state index in [1.54, 1.807) is 6.07 Å². The molecule has 3 nitrogen and oxygen atoms in total. The Balaban J connectivity index is 2.84. The van der Waals surface area contributed by atoms with E-state index in [0.29, 0.717) is 12.2 Å². The Morgan fingerprint density at radius 3 is 2.63 bits per heavy atom. The minimum absolute atomic E-state index is 0.117. The molecule has 1 atom stereocenters. The van der Waals surface area contributed by atoms with E-state index >= 15 is 0 Å². The summed E-state index contributed by atoms with van der Waals surface area (Å²) in [6.07, 6.45) is -2.43. The third-order valence-electron chi connectivity index (χ3n) is 2.38. The Morgan fingerprint density at radius 2 is 2.11 bits per heavy atom. The highest BCUT2D eigenvalue weighted by atomic mass is 32.2. The molecule has 19 heavy (non-hydrogen) atoms. The molecule has 0 fully saturated rings. The van der Waals surface area contributed by atoms with Gasteiger partial charge in [-0.2, -0.15) is 18.4 Å². The van der Waals surface area contributed by atoms with Crippen molar-refractivity contribution in [2.45, 2.75) is 12.6 Å². The summed E-state index contributed by atoms with van der Waals surface area (Å²) in [5.41, 5.74) is -0.757. The molecule has 0 aromatic heterocycles. The van der Waals surface area contributed by atoms with Gasteiger partial charge >= 0.3 is 6.18 Å². The molecule has 0 aliphatic heterocycles. The second-order valence-electron chi connectivity index (χ2n) is 3.93. The van der Waals surface area contributed by atoms with Crippen LogP contribution in [0.15, 0.2) is 18.2 Å². The van der Waals surface area contributed by atoms with Crippen molar-refractivity contribution in [3.8, 4) is 6.07 Å². The summed E-state index contributed by atoms with van der Waals surface area (Å²) < 4.78 is 49.1. The van der Waals surface area contributed by atoms with E-state index in [4.69, 9.17) is 5.26 Å². The summed E-state index contributed by atoms with van der Waals surface area (Å²) in [5, 5.41) is 11.3. The van der Waals surface area contributed by atoms with E-state index in [9.17, 15) is 17.4 Å². The molecule has 0 spiro atoms. The smallest absolute Gasteiger partial charge is 0.384 e. The van der Waals surface area contributed by atoms with Gasteiger partial charge in [0.1, 0.15) is 0 Å². The SMILES string of the molecule is C[S@@](=O)CCCNc1cc(C#N)ccc1C(F)(F)F. The van der Waals surface area contributed by atoms with Crippen molar-refractivity contribution >= 4 is 16.5 Å². The highest BCUT2D eigenvalue weighted by Gasteiger charge is 2.33. The third-order valence-corrected chi connectivity index (χ3v) is 3.24. The maximum atomic E-state index is 12.7. The molecule has 1 rings (SSSR count). The fraction of sp³-hybridized carbons (Fsp3) is 0.417. The van der Waals surface area contributed by atoms with Crippen molar-refractivity contribution < 1.29 is 17.4 Å². The number of halogens is 3. The molecule has 0 saturated heterocycles. The minimum Gasteiger partial charge on any atom is -0.384 e. The Morgan fingerprint density at radius 1 is 1.42 bits per heavy atom. The zero-order valence-electron chi connectivity index (χ0n) is 10.3. The van der Waals surface area contributed by atoms with Crippen LogP contribution in [0.25, 0.3) is 0 Å². The van der Waals surface area contributed by atoms with Crippen LogP contribution in [0.1, 0.15) is 17.5 Å². The van der Waals surface area contributed by atoms with E-state index in [0.717, 1.165) is 12.1 Å². The van der Waals surface area contributed by atoms with E-state index in [1.165, 1.54) is 12.3 Å². The molecule has 0 saturated carbocycles. The second kappa shape index (κ2) is 6.57. The lowest BCUT2D eigenvalue weighted by molar-refractivity contribution is -0.136. The highest BCUT2D eigenvalue weighted by Crippen LogP contribution is 2.35. The fourth-order valence-electron chi connectivity index (χ4n) is 1.51. The predicted octanol–water partition coefficient (Wildman–Crippen LogP) is 2.76. The second-order valence-corrected chi connectivity index (χ2v) is 5.48. The molecular weight excluding hydrogens is 277 g/mol. The van der Waals surface area contributed by atoms with Gasteiger partial charge in [0.15, 0.2) is 0 Å². The lowest BCUT2D eigenvalue weighted by Gasteiger charge is -2.14. The molecule has 7 heteroatoms. The van der Waals surface area contributed by atoms with E-state index in [2.05, 4.69) is 5.32 Å². The molecule has 0 unspecified atom stereocenters. The van der Waals surface area contributed by atoms with Gasteiger partial charge < -0.3 is 5.32 Å². The van der Waals surface area contributed by atoms with E-state index in [-0.39, 0.29) is 17.8 Å². The molecule has 0 aliphatic carbocycles. The van der Waals surface area contributed by atoms with Gasteiger partial charge in [-0.1, -0.05) is 0 Å². The number of nitrogens with zero attached hydrogens (tertiary/aromatic N) is 1. The quantitative estimate of drug-likeness (QED) is 0.848. The number of hydrogen-bond donors (Lipinski definition) is 1. The predicted molar refractivity (Wildman–Crippen MR) is 68.2 cm³/mol. The first-order valence-corrected chi connectivity index (χ1v) is 7.22. The Labute approximate surface area is 111 Å². The highest BCUT2D eigenvalue weighted by molar-refractivity contribution is 7.84. The summed E-state index contributed by atoms with van der Waals surface area (Å²) in [6.45, 7) is 0.275. The molecule has 0 radical (unpaired) electrons. The van der Waals surface area contributed by atoms with Crippen LogP contribution in [0.5, 0.6) is 0 Å². The van der Waals surface area contributed by atoms with Crippen LogP contribution in [-0.2, 0) is 17.0 Å². The molecule has 0 heterocycles. The van der Waals surface area contributed by atoms with Crippen molar-refractivity contribution in [2.24, 2.45) is 0 Å². The van der Waals surface area contributed by atoms with Crippen LogP contribution >= 0.6 is 0 Å². The van der Waals surface area contributed by atoms with Crippen LogP contribution in [0.2, 0.25) is 0 Å². The molecule has 0 bridgehead atoms. The van der Waals surface area contributed by atoms with Gasteiger partial charge in [-0.3, -0.25) is 4.21 Å². The van der Waals surface area contributed by atoms with E-state index in [1.807, 2.05) is 0 Å². The molecule has 1 aromatic carbocycles. The molecule has 0 aliphatic rings. The average molecular weight is 290 g/mol. The summed E-state index contributed by atoms with van der Waals surface area (Å²) in [6, 6.07) is 4.99. The van der Waals surface area contributed by atoms with Crippen molar-refractivity contribution in [2.75, 3.05) is 23.9 Å². The zero-order valence-corrected chi connectivity index (χ0v) is 11.1. The third kappa shape index (κ3) is 4.91. The van der Waals surface area contributed by atoms with Crippen molar-refractivity contribution in [3.05, 3.63) is 29.3 Å². The van der Waals surface area contributed by atoms with Crippen LogP contribution in [0.3, 0.4) is 0 Å². The first-order valence-electron chi connectivity index (χ1n) is 5.50. The van der Waals surface area contributed by atoms with Crippen LogP contribution in [0, 0.1) is 11.3 Å². The van der Waals surface area contributed by atoms with Gasteiger partial charge in [0.25, 0.3) is 0 Å². The first kappa shape index (κ1) is 15.5. The molecule has 1 N–H and O–H groups in total. The standard InChI is InChI=1S/C12H13F3N2OS/c1-19(18)6-2-5-17-11-7-9(8-16)3-4-10(11)12(13,14)15/h3-4,7,17H,2,5-6H2,1H3/t19-/m1/s1. The van der Waals surface area contributed by atoms with Gasteiger partial charge in [-0.15, -0.1) is 0 Å². The van der Waals surface area contributed by atoms with Gasteiger partial charge in [0.2, 0.25) is 0 Å². The lowest BCUT2D eigenvalue weighted by atomic mass is 10.1. The fourth-order valence-corrected chi connectivity index (χ4v) is 2.06. The Bertz CT molecular complexity index is 509. The number of benzene rings is 1. The number of nitrogens with one attached hydrogen (secondary N) is 1. The topological polar surface area (TPSA) is 52.9 Å². The van der Waals surface area contributed by atoms with Gasteiger partial charge in [-0.25, -0.2) is 0 Å². The van der Waals surface area contributed by atoms with Crippen molar-refractivity contribution in [3.63, 3.8) is 0 Å². The zero-order chi connectivity index (χ0) is 14.5. The number of rotatable bonds is 5. The number of alkyl halides is 3. The largest absolute Gasteiger partial charge is 0.418 e.